The lowest BCUT2D eigenvalue weighted by molar-refractivity contribution is -0.139. The molecule has 2 unspecified atom stereocenters. The van der Waals surface area contributed by atoms with Crippen molar-refractivity contribution in [3.8, 4) is 11.5 Å². The minimum atomic E-state index is -4.67. The van der Waals surface area contributed by atoms with Crippen molar-refractivity contribution < 1.29 is 54.9 Å². The summed E-state index contributed by atoms with van der Waals surface area (Å²) in [5, 5.41) is 5.00. The second kappa shape index (κ2) is 14.8. The van der Waals surface area contributed by atoms with Crippen LogP contribution < -0.4 is 20.1 Å². The molecule has 4 aromatic carbocycles. The predicted octanol–water partition coefficient (Wildman–Crippen LogP) is 7.47. The molecule has 2 aliphatic rings. The fourth-order valence-corrected chi connectivity index (χ4v) is 4.21. The van der Waals surface area contributed by atoms with Crippen LogP contribution in [0.3, 0.4) is 0 Å². The highest BCUT2D eigenvalue weighted by Crippen LogP contribution is 2.38. The molecule has 0 aliphatic carbocycles. The minimum absolute atomic E-state index is 0.0501. The van der Waals surface area contributed by atoms with Crippen LogP contribution >= 0.6 is 0 Å². The number of anilines is 2. The number of rotatable bonds is 10. The summed E-state index contributed by atoms with van der Waals surface area (Å²) >= 11 is 0. The smallest absolute Gasteiger partial charge is 0.419 e. The third-order valence-corrected chi connectivity index (χ3v) is 6.82. The van der Waals surface area contributed by atoms with Crippen LogP contribution in [0.5, 0.6) is 11.5 Å². The zero-order chi connectivity index (χ0) is 34.3. The van der Waals surface area contributed by atoms with E-state index in [4.69, 9.17) is 18.9 Å². The number of carbonyl (C=O) groups excluding carboxylic acids is 2. The van der Waals surface area contributed by atoms with E-state index >= 15 is 0 Å². The van der Waals surface area contributed by atoms with Crippen molar-refractivity contribution in [3.05, 3.63) is 119 Å². The molecule has 14 heteroatoms. The van der Waals surface area contributed by atoms with Crippen LogP contribution in [0.15, 0.2) is 97.1 Å². The average molecular weight is 675 g/mol. The van der Waals surface area contributed by atoms with E-state index in [0.717, 1.165) is 24.3 Å². The molecule has 2 heterocycles. The molecule has 4 aromatic rings. The van der Waals surface area contributed by atoms with Gasteiger partial charge in [0, 0.05) is 16.9 Å². The second-order valence-electron chi connectivity index (χ2n) is 10.6. The van der Waals surface area contributed by atoms with Crippen molar-refractivity contribution in [1.82, 2.24) is 0 Å². The van der Waals surface area contributed by atoms with E-state index in [1.54, 1.807) is 60.7 Å². The monoisotopic (exact) mass is 674 g/mol. The van der Waals surface area contributed by atoms with E-state index in [2.05, 4.69) is 10.6 Å². The normalized spacial score (nSPS) is 16.5. The van der Waals surface area contributed by atoms with Gasteiger partial charge in [-0.05, 0) is 60.7 Å². The van der Waals surface area contributed by atoms with Gasteiger partial charge in [-0.2, -0.15) is 26.3 Å². The van der Waals surface area contributed by atoms with Crippen molar-refractivity contribution in [2.24, 2.45) is 0 Å². The van der Waals surface area contributed by atoms with Crippen LogP contribution in [0.2, 0.25) is 0 Å². The third-order valence-electron chi connectivity index (χ3n) is 6.82. The quantitative estimate of drug-likeness (QED) is 0.134. The molecule has 0 aromatic heterocycles. The van der Waals surface area contributed by atoms with Gasteiger partial charge in [-0.1, -0.05) is 36.4 Å². The highest BCUT2D eigenvalue weighted by molar-refractivity contribution is 6.05. The molecule has 2 aliphatic heterocycles. The molecular weight excluding hydrogens is 646 g/mol. The Kier molecular flexibility index (Phi) is 10.5. The first kappa shape index (κ1) is 34.3. The number of nitrogens with one attached hydrogen (secondary N) is 2. The van der Waals surface area contributed by atoms with Crippen molar-refractivity contribution in [3.63, 3.8) is 0 Å². The van der Waals surface area contributed by atoms with Gasteiger partial charge >= 0.3 is 12.4 Å². The third kappa shape index (κ3) is 9.96. The Morgan fingerprint density at radius 2 is 1.17 bits per heavy atom. The molecule has 252 valence electrons. The Morgan fingerprint density at radius 3 is 1.69 bits per heavy atom. The average Bonchev–Trinajstić information content (AvgIpc) is 3.99. The molecule has 2 saturated heterocycles. The van der Waals surface area contributed by atoms with E-state index in [-0.39, 0.29) is 42.5 Å². The van der Waals surface area contributed by atoms with Crippen LogP contribution in [0.25, 0.3) is 0 Å². The van der Waals surface area contributed by atoms with Crippen LogP contribution in [-0.2, 0) is 21.8 Å². The Balaban J connectivity index is 0.000000188. The van der Waals surface area contributed by atoms with Crippen LogP contribution in [0, 0.1) is 0 Å². The number of hydrogen-bond acceptors (Lipinski definition) is 6. The molecular formula is C34H28F6N2O6. The molecule has 8 nitrogen and oxygen atoms in total. The summed E-state index contributed by atoms with van der Waals surface area (Å²) in [6, 6.07) is 23.3. The fourth-order valence-electron chi connectivity index (χ4n) is 4.21. The second-order valence-corrected chi connectivity index (χ2v) is 10.6. The zero-order valence-electron chi connectivity index (χ0n) is 24.9. The first-order chi connectivity index (χ1) is 22.9. The Hall–Kier alpha value is -5.08. The van der Waals surface area contributed by atoms with Gasteiger partial charge in [-0.25, -0.2) is 0 Å². The van der Waals surface area contributed by atoms with Crippen molar-refractivity contribution >= 4 is 23.2 Å². The largest absolute Gasteiger partial charge is 0.491 e. The standard InChI is InChI=1S/2C17H14F3NO3/c18-17(19,20)14-8-11(6-7-15(14)24-10-13-9-23-13)16(22)21-12-4-2-1-3-5-12;18-17(19,20)15-8-12(23-9-13-10-24-13)6-7-14(15)16(22)21-11-4-2-1-3-5-11/h2*1-8,13H,9-10H2,(H,21,22). The highest BCUT2D eigenvalue weighted by Gasteiger charge is 2.37. The first-order valence-electron chi connectivity index (χ1n) is 14.5. The van der Waals surface area contributed by atoms with E-state index in [1.165, 1.54) is 12.1 Å². The van der Waals surface area contributed by atoms with Gasteiger partial charge < -0.3 is 29.6 Å². The maximum atomic E-state index is 13.3. The van der Waals surface area contributed by atoms with Crippen LogP contribution in [0.1, 0.15) is 31.8 Å². The maximum Gasteiger partial charge on any atom is 0.419 e. The number of ether oxygens (including phenoxy) is 4. The Bertz CT molecular complexity index is 1710. The number of hydrogen-bond donors (Lipinski definition) is 2. The van der Waals surface area contributed by atoms with Gasteiger partial charge in [0.05, 0.1) is 29.9 Å². The van der Waals surface area contributed by atoms with E-state index in [9.17, 15) is 35.9 Å². The molecule has 2 amide bonds. The summed E-state index contributed by atoms with van der Waals surface area (Å²) in [6.45, 7) is 1.27. The van der Waals surface area contributed by atoms with E-state index in [0.29, 0.717) is 24.6 Å². The summed E-state index contributed by atoms with van der Waals surface area (Å²) in [4.78, 5) is 24.3. The molecule has 6 rings (SSSR count). The number of para-hydroxylation sites is 2. The molecule has 0 bridgehead atoms. The molecule has 0 saturated carbocycles. The fraction of sp³-hybridized carbons (Fsp3) is 0.235. The number of epoxide rings is 2. The lowest BCUT2D eigenvalue weighted by Gasteiger charge is -2.15. The number of halogens is 6. The summed E-state index contributed by atoms with van der Waals surface area (Å²) in [5.74, 6) is -1.71. The van der Waals surface area contributed by atoms with E-state index in [1.807, 2.05) is 0 Å². The lowest BCUT2D eigenvalue weighted by Crippen LogP contribution is -2.19. The van der Waals surface area contributed by atoms with E-state index < -0.39 is 40.9 Å². The van der Waals surface area contributed by atoms with Gasteiger partial charge in [0.15, 0.2) is 0 Å². The Labute approximate surface area is 270 Å². The van der Waals surface area contributed by atoms with Gasteiger partial charge in [-0.3, -0.25) is 9.59 Å². The summed E-state index contributed by atoms with van der Waals surface area (Å²) in [7, 11) is 0. The topological polar surface area (TPSA) is 102 Å². The zero-order valence-corrected chi connectivity index (χ0v) is 24.9. The molecule has 0 spiro atoms. The summed E-state index contributed by atoms with van der Waals surface area (Å²) in [5.41, 5.74) is -1.65. The maximum absolute atomic E-state index is 13.3. The Morgan fingerprint density at radius 1 is 0.646 bits per heavy atom. The van der Waals surface area contributed by atoms with Gasteiger partial charge in [0.1, 0.15) is 36.9 Å². The van der Waals surface area contributed by atoms with Crippen molar-refractivity contribution in [1.29, 1.82) is 0 Å². The number of carbonyl (C=O) groups is 2. The molecule has 2 N–H and O–H groups in total. The SMILES string of the molecule is O=C(Nc1ccccc1)c1ccc(OCC2CO2)c(C(F)(F)F)c1.O=C(Nc1ccccc1)c1ccc(OCC2CO2)cc1C(F)(F)F. The van der Waals surface area contributed by atoms with Gasteiger partial charge in [0.25, 0.3) is 11.8 Å². The summed E-state index contributed by atoms with van der Waals surface area (Å²) in [6.07, 6.45) is -9.52. The molecule has 2 atom stereocenters. The van der Waals surface area contributed by atoms with Crippen molar-refractivity contribution in [2.75, 3.05) is 37.1 Å². The molecule has 0 radical (unpaired) electrons. The number of alkyl halides is 6. The lowest BCUT2D eigenvalue weighted by atomic mass is 10.1. The minimum Gasteiger partial charge on any atom is -0.491 e. The molecule has 2 fully saturated rings. The number of benzene rings is 4. The summed E-state index contributed by atoms with van der Waals surface area (Å²) < 4.78 is 99.8. The van der Waals surface area contributed by atoms with Gasteiger partial charge in [0.2, 0.25) is 0 Å². The molecule has 48 heavy (non-hydrogen) atoms. The van der Waals surface area contributed by atoms with Crippen LogP contribution in [-0.4, -0.2) is 50.4 Å². The number of amides is 2. The predicted molar refractivity (Wildman–Crippen MR) is 162 cm³/mol. The van der Waals surface area contributed by atoms with Gasteiger partial charge in [-0.15, -0.1) is 0 Å². The highest BCUT2D eigenvalue weighted by atomic mass is 19.4. The van der Waals surface area contributed by atoms with Crippen LogP contribution in [0.4, 0.5) is 37.7 Å². The van der Waals surface area contributed by atoms with Crippen molar-refractivity contribution in [2.45, 2.75) is 24.6 Å². The first-order valence-corrected chi connectivity index (χ1v) is 14.5.